The summed E-state index contributed by atoms with van der Waals surface area (Å²) in [7, 11) is 0. The minimum atomic E-state index is -0.849. The van der Waals surface area contributed by atoms with E-state index in [9.17, 15) is 14.4 Å². The second-order valence-electron chi connectivity index (χ2n) is 13.1. The van der Waals surface area contributed by atoms with Crippen LogP contribution in [0.15, 0.2) is 21.9 Å². The van der Waals surface area contributed by atoms with E-state index in [0.717, 1.165) is 77.8 Å². The molecule has 0 bridgehead atoms. The van der Waals surface area contributed by atoms with Crippen molar-refractivity contribution in [3.05, 3.63) is 56.6 Å². The molecule has 0 aliphatic heterocycles. The summed E-state index contributed by atoms with van der Waals surface area (Å²) in [6.45, 7) is 28.2. The summed E-state index contributed by atoms with van der Waals surface area (Å²) < 4.78 is 22.2. The average molecular weight is 647 g/mol. The van der Waals surface area contributed by atoms with E-state index in [4.69, 9.17) is 18.9 Å². The van der Waals surface area contributed by atoms with Gasteiger partial charge < -0.3 is 18.9 Å². The van der Waals surface area contributed by atoms with E-state index in [1.807, 2.05) is 27.7 Å². The molecule has 0 aliphatic rings. The molecule has 0 saturated heterocycles. The molecule has 9 heteroatoms. The number of carbonyl (C=O) groups is 3. The molecule has 0 N–H and O–H groups in total. The lowest BCUT2D eigenvalue weighted by Gasteiger charge is -2.29. The van der Waals surface area contributed by atoms with Gasteiger partial charge in [-0.15, -0.1) is 0 Å². The molecule has 0 spiro atoms. The predicted molar refractivity (Wildman–Crippen MR) is 179 cm³/mol. The first kappa shape index (κ1) is 37.5. The number of benzene rings is 2. The van der Waals surface area contributed by atoms with Crippen LogP contribution in [0.5, 0.6) is 0 Å². The summed E-state index contributed by atoms with van der Waals surface area (Å²) in [5.41, 5.74) is 7.04. The van der Waals surface area contributed by atoms with Crippen molar-refractivity contribution >= 4 is 40.3 Å². The van der Waals surface area contributed by atoms with Crippen LogP contribution in [-0.4, -0.2) is 30.0 Å². The van der Waals surface area contributed by atoms with Gasteiger partial charge in [0.2, 0.25) is 0 Å². The van der Waals surface area contributed by atoms with Gasteiger partial charge in [0.25, 0.3) is 0 Å². The second kappa shape index (κ2) is 15.1. The molecule has 0 amide bonds. The molecule has 2 unspecified atom stereocenters. The van der Waals surface area contributed by atoms with Gasteiger partial charge in [0.1, 0.15) is 12.2 Å². The van der Waals surface area contributed by atoms with Crippen molar-refractivity contribution in [2.45, 2.75) is 130 Å². The summed E-state index contributed by atoms with van der Waals surface area (Å²) in [6.07, 6.45) is -2.27. The number of rotatable bonds is 8. The summed E-state index contributed by atoms with van der Waals surface area (Å²) in [4.78, 5) is 39.9. The SMILES string of the molecule is CCOC(=O)Sc1c(C)c(C(C)(C)C)cc(C)c1C(C)OC(=O)OC(C)c1c(C)cc(C(C)(C)C)c(C)c1SC(=O)OCC. The Morgan fingerprint density at radius 3 is 1.25 bits per heavy atom. The lowest BCUT2D eigenvalue weighted by atomic mass is 9.81. The lowest BCUT2D eigenvalue weighted by molar-refractivity contribution is 0.00472. The smallest absolute Gasteiger partial charge is 0.458 e. The molecule has 2 atom stereocenters. The van der Waals surface area contributed by atoms with E-state index >= 15 is 0 Å². The van der Waals surface area contributed by atoms with Gasteiger partial charge in [0.15, 0.2) is 0 Å². The molecular weight excluding hydrogens is 597 g/mol. The monoisotopic (exact) mass is 646 g/mol. The minimum Gasteiger partial charge on any atom is -0.458 e. The fourth-order valence-corrected chi connectivity index (χ4v) is 7.63. The van der Waals surface area contributed by atoms with Crippen LogP contribution in [0.25, 0.3) is 0 Å². The molecule has 244 valence electrons. The van der Waals surface area contributed by atoms with Crippen molar-refractivity contribution in [1.82, 2.24) is 0 Å². The molecule has 2 rings (SSSR count). The van der Waals surface area contributed by atoms with Crippen molar-refractivity contribution in [3.8, 4) is 0 Å². The van der Waals surface area contributed by atoms with Gasteiger partial charge in [-0.1, -0.05) is 53.7 Å². The number of carbonyl (C=O) groups excluding carboxylic acids is 3. The van der Waals surface area contributed by atoms with Crippen molar-refractivity contribution < 1.29 is 33.3 Å². The van der Waals surface area contributed by atoms with Crippen LogP contribution in [0.3, 0.4) is 0 Å². The van der Waals surface area contributed by atoms with Crippen LogP contribution in [0, 0.1) is 27.7 Å². The van der Waals surface area contributed by atoms with Crippen LogP contribution >= 0.6 is 23.5 Å². The van der Waals surface area contributed by atoms with E-state index in [1.165, 1.54) is 0 Å². The first-order valence-electron chi connectivity index (χ1n) is 15.1. The fourth-order valence-electron chi connectivity index (χ4n) is 5.54. The quantitative estimate of drug-likeness (QED) is 0.158. The molecule has 0 aromatic heterocycles. The standard InChI is InChI=1S/C35H50O7S2/c1-15-39-32(37)43-29-21(5)25(34(9,10)11)17-19(3)27(29)23(7)41-31(36)42-24(8)28-20(4)18-26(35(12,13)14)22(6)30(28)44-33(38)40-16-2/h17-18,23-24H,15-16H2,1-14H3. The first-order valence-corrected chi connectivity index (χ1v) is 16.7. The zero-order valence-corrected chi connectivity index (χ0v) is 30.5. The molecule has 0 aliphatic carbocycles. The molecular formula is C35H50O7S2. The summed E-state index contributed by atoms with van der Waals surface area (Å²) >= 11 is 2.02. The molecule has 2 aromatic rings. The Bertz CT molecular complexity index is 1280. The average Bonchev–Trinajstić information content (AvgIpc) is 2.86. The molecule has 0 heterocycles. The van der Waals surface area contributed by atoms with Gasteiger partial charge in [-0.05, 0) is 123 Å². The van der Waals surface area contributed by atoms with Gasteiger partial charge in [0.05, 0.1) is 13.2 Å². The van der Waals surface area contributed by atoms with Gasteiger partial charge in [-0.2, -0.15) is 0 Å². The topological polar surface area (TPSA) is 88.1 Å². The van der Waals surface area contributed by atoms with Gasteiger partial charge in [-0.3, -0.25) is 0 Å². The minimum absolute atomic E-state index is 0.159. The number of aryl methyl sites for hydroxylation is 2. The maximum atomic E-state index is 13.3. The molecule has 2 aromatic carbocycles. The Balaban J connectivity index is 2.49. The number of hydrogen-bond donors (Lipinski definition) is 0. The van der Waals surface area contributed by atoms with E-state index in [1.54, 1.807) is 27.7 Å². The van der Waals surface area contributed by atoms with Crippen molar-refractivity contribution in [3.63, 3.8) is 0 Å². The zero-order chi connectivity index (χ0) is 33.7. The van der Waals surface area contributed by atoms with Gasteiger partial charge >= 0.3 is 16.8 Å². The Kier molecular flexibility index (Phi) is 12.9. The van der Waals surface area contributed by atoms with Crippen LogP contribution in [0.2, 0.25) is 0 Å². The largest absolute Gasteiger partial charge is 0.509 e. The predicted octanol–water partition coefficient (Wildman–Crippen LogP) is 11.0. The van der Waals surface area contributed by atoms with E-state index in [-0.39, 0.29) is 24.0 Å². The van der Waals surface area contributed by atoms with Crippen LogP contribution in [-0.2, 0) is 29.8 Å². The maximum Gasteiger partial charge on any atom is 0.509 e. The molecule has 0 saturated carbocycles. The highest BCUT2D eigenvalue weighted by Gasteiger charge is 2.30. The number of hydrogen-bond acceptors (Lipinski definition) is 9. The third kappa shape index (κ3) is 9.19. The molecule has 44 heavy (non-hydrogen) atoms. The Morgan fingerprint density at radius 1 is 0.659 bits per heavy atom. The van der Waals surface area contributed by atoms with Crippen LogP contribution in [0.1, 0.15) is 126 Å². The van der Waals surface area contributed by atoms with Crippen molar-refractivity contribution in [1.29, 1.82) is 0 Å². The highest BCUT2D eigenvalue weighted by Crippen LogP contribution is 2.43. The summed E-state index contributed by atoms with van der Waals surface area (Å²) in [5, 5.41) is -0.830. The number of ether oxygens (including phenoxy) is 4. The summed E-state index contributed by atoms with van der Waals surface area (Å²) in [6, 6.07) is 4.19. The van der Waals surface area contributed by atoms with E-state index < -0.39 is 29.0 Å². The lowest BCUT2D eigenvalue weighted by Crippen LogP contribution is -2.20. The van der Waals surface area contributed by atoms with E-state index in [0.29, 0.717) is 0 Å². The molecule has 0 fully saturated rings. The van der Waals surface area contributed by atoms with Crippen LogP contribution < -0.4 is 0 Å². The van der Waals surface area contributed by atoms with Gasteiger partial charge in [-0.25, -0.2) is 14.4 Å². The summed E-state index contributed by atoms with van der Waals surface area (Å²) in [5.74, 6) is 0. The van der Waals surface area contributed by atoms with Crippen molar-refractivity contribution in [2.24, 2.45) is 0 Å². The second-order valence-corrected chi connectivity index (χ2v) is 14.9. The highest BCUT2D eigenvalue weighted by molar-refractivity contribution is 8.13. The Labute approximate surface area is 272 Å². The fraction of sp³-hybridized carbons (Fsp3) is 0.571. The van der Waals surface area contributed by atoms with E-state index in [2.05, 4.69) is 53.7 Å². The van der Waals surface area contributed by atoms with Crippen LogP contribution in [0.4, 0.5) is 14.4 Å². The normalized spacial score (nSPS) is 13.2. The molecule has 0 radical (unpaired) electrons. The molecule has 7 nitrogen and oxygen atoms in total. The maximum absolute atomic E-state index is 13.3. The number of thioether (sulfide) groups is 2. The van der Waals surface area contributed by atoms with Crippen molar-refractivity contribution in [2.75, 3.05) is 13.2 Å². The third-order valence-corrected chi connectivity index (χ3v) is 9.45. The zero-order valence-electron chi connectivity index (χ0n) is 28.9. The third-order valence-electron chi connectivity index (χ3n) is 7.42. The highest BCUT2D eigenvalue weighted by atomic mass is 32.2. The van der Waals surface area contributed by atoms with Gasteiger partial charge in [0, 0.05) is 20.9 Å². The Hall–Kier alpha value is -2.65. The Morgan fingerprint density at radius 2 is 0.977 bits per heavy atom. The first-order chi connectivity index (χ1) is 20.2.